The molecule has 1 aromatic heterocycles. The molecule has 2 heterocycles. The van der Waals surface area contributed by atoms with Crippen molar-refractivity contribution in [2.75, 3.05) is 39.2 Å². The number of carbonyl (C=O) groups excluding carboxylic acids is 3. The summed E-state index contributed by atoms with van der Waals surface area (Å²) in [4.78, 5) is 46.1. The van der Waals surface area contributed by atoms with Crippen LogP contribution in [-0.2, 0) is 9.53 Å². The molecule has 188 valence electrons. The van der Waals surface area contributed by atoms with Crippen LogP contribution in [0.4, 0.5) is 5.69 Å². The van der Waals surface area contributed by atoms with E-state index in [1.54, 1.807) is 73.6 Å². The van der Waals surface area contributed by atoms with E-state index in [1.807, 2.05) is 13.8 Å². The first-order valence-electron chi connectivity index (χ1n) is 11.8. The predicted octanol–water partition coefficient (Wildman–Crippen LogP) is 3.08. The van der Waals surface area contributed by atoms with E-state index in [2.05, 4.69) is 10.3 Å². The van der Waals surface area contributed by atoms with Gasteiger partial charge in [-0.25, -0.2) is 0 Å². The van der Waals surface area contributed by atoms with Crippen molar-refractivity contribution in [1.29, 1.82) is 0 Å². The van der Waals surface area contributed by atoms with Crippen LogP contribution in [0.25, 0.3) is 0 Å². The van der Waals surface area contributed by atoms with Gasteiger partial charge in [-0.05, 0) is 37.3 Å². The molecule has 0 spiro atoms. The smallest absolute Gasteiger partial charge is 0.257 e. The van der Waals surface area contributed by atoms with Crippen molar-refractivity contribution < 1.29 is 23.9 Å². The van der Waals surface area contributed by atoms with Crippen LogP contribution in [0.2, 0.25) is 0 Å². The number of anilines is 1. The van der Waals surface area contributed by atoms with E-state index in [1.165, 1.54) is 0 Å². The summed E-state index contributed by atoms with van der Waals surface area (Å²) in [6, 6.07) is 8.19. The number of pyridine rings is 1. The Kier molecular flexibility index (Phi) is 8.81. The maximum absolute atomic E-state index is 13.4. The lowest BCUT2D eigenvalue weighted by Crippen LogP contribution is -2.48. The van der Waals surface area contributed by atoms with Gasteiger partial charge in [0.25, 0.3) is 11.8 Å². The molecular weight excluding hydrogens is 448 g/mol. The third-order valence-corrected chi connectivity index (χ3v) is 6.22. The summed E-state index contributed by atoms with van der Waals surface area (Å²) < 4.78 is 11.8. The highest BCUT2D eigenvalue weighted by atomic mass is 16.5. The fourth-order valence-corrected chi connectivity index (χ4v) is 4.04. The van der Waals surface area contributed by atoms with Crippen LogP contribution in [0.5, 0.6) is 5.75 Å². The maximum atomic E-state index is 13.4. The Morgan fingerprint density at radius 3 is 2.66 bits per heavy atom. The predicted molar refractivity (Wildman–Crippen MR) is 133 cm³/mol. The van der Waals surface area contributed by atoms with E-state index in [-0.39, 0.29) is 42.4 Å². The summed E-state index contributed by atoms with van der Waals surface area (Å²) >= 11 is 0. The van der Waals surface area contributed by atoms with Crippen LogP contribution in [0.1, 0.15) is 47.9 Å². The van der Waals surface area contributed by atoms with Crippen molar-refractivity contribution in [3.63, 3.8) is 0 Å². The Morgan fingerprint density at radius 2 is 2.00 bits per heavy atom. The van der Waals surface area contributed by atoms with Gasteiger partial charge in [0.2, 0.25) is 5.91 Å². The summed E-state index contributed by atoms with van der Waals surface area (Å²) in [5.74, 6) is -0.202. The van der Waals surface area contributed by atoms with Gasteiger partial charge in [0.05, 0.1) is 23.3 Å². The van der Waals surface area contributed by atoms with Crippen molar-refractivity contribution in [1.82, 2.24) is 14.8 Å². The average molecular weight is 483 g/mol. The summed E-state index contributed by atoms with van der Waals surface area (Å²) in [6.07, 6.45) is 3.21. The largest absolute Gasteiger partial charge is 0.491 e. The van der Waals surface area contributed by atoms with Gasteiger partial charge in [-0.3, -0.25) is 19.4 Å². The highest BCUT2D eigenvalue weighted by Crippen LogP contribution is 2.27. The minimum atomic E-state index is -0.299. The van der Waals surface area contributed by atoms with Crippen molar-refractivity contribution in [3.8, 4) is 5.75 Å². The second-order valence-electron chi connectivity index (χ2n) is 8.91. The molecule has 1 aliphatic heterocycles. The first kappa shape index (κ1) is 26.2. The number of likely N-dealkylation sites (N-methyl/N-ethyl adjacent to an activating group) is 1. The number of benzene rings is 1. The zero-order chi connectivity index (χ0) is 25.5. The first-order valence-corrected chi connectivity index (χ1v) is 11.8. The summed E-state index contributed by atoms with van der Waals surface area (Å²) in [5, 5.41) is 2.79. The van der Waals surface area contributed by atoms with Crippen LogP contribution in [0, 0.1) is 5.92 Å². The quantitative estimate of drug-likeness (QED) is 0.719. The van der Waals surface area contributed by atoms with E-state index in [4.69, 9.17) is 9.47 Å². The molecule has 0 saturated carbocycles. The van der Waals surface area contributed by atoms with Crippen LogP contribution in [0.3, 0.4) is 0 Å². The average Bonchev–Trinajstić information content (AvgIpc) is 2.88. The Morgan fingerprint density at radius 1 is 1.23 bits per heavy atom. The van der Waals surface area contributed by atoms with Gasteiger partial charge >= 0.3 is 0 Å². The number of nitrogens with zero attached hydrogens (tertiary/aromatic N) is 3. The lowest BCUT2D eigenvalue weighted by atomic mass is 10.0. The fraction of sp³-hybridized carbons (Fsp3) is 0.462. The molecule has 35 heavy (non-hydrogen) atoms. The Hall–Kier alpha value is -3.46. The van der Waals surface area contributed by atoms with Crippen molar-refractivity contribution in [2.24, 2.45) is 5.92 Å². The molecule has 0 bridgehead atoms. The van der Waals surface area contributed by atoms with Gasteiger partial charge in [-0.1, -0.05) is 13.8 Å². The summed E-state index contributed by atoms with van der Waals surface area (Å²) in [7, 11) is 3.31. The Balaban J connectivity index is 1.98. The molecule has 9 heteroatoms. The molecule has 1 N–H and O–H groups in total. The standard InChI is InChI=1S/C26H34N4O5/c1-6-24(31)28-20-9-10-22-21(12-20)26(33)29(4)15-23(34-5)17(2)14-30(18(3)16-35-22)25(32)19-8-7-11-27-13-19/h7-13,17-18,23H,6,14-16H2,1-5H3,(H,28,31)/t17-,18+,23-/m1/s1. The maximum Gasteiger partial charge on any atom is 0.257 e. The zero-order valence-electron chi connectivity index (χ0n) is 21.0. The number of hydrogen-bond acceptors (Lipinski definition) is 6. The number of fused-ring (bicyclic) bond motifs is 1. The fourth-order valence-electron chi connectivity index (χ4n) is 4.04. The summed E-state index contributed by atoms with van der Waals surface area (Å²) in [5.41, 5.74) is 1.35. The third kappa shape index (κ3) is 6.36. The molecule has 1 aliphatic rings. The van der Waals surface area contributed by atoms with Gasteiger partial charge in [0.15, 0.2) is 0 Å². The molecule has 0 unspecified atom stereocenters. The Labute approximate surface area is 206 Å². The SMILES string of the molecule is CCC(=O)Nc1ccc2c(c1)C(=O)N(C)C[C@@H](OC)[C@H](C)CN(C(=O)c1cccnc1)[C@@H](C)CO2. The highest BCUT2D eigenvalue weighted by molar-refractivity contribution is 5.99. The molecule has 9 nitrogen and oxygen atoms in total. The molecular formula is C26H34N4O5. The molecule has 0 saturated heterocycles. The highest BCUT2D eigenvalue weighted by Gasteiger charge is 2.31. The van der Waals surface area contributed by atoms with Crippen LogP contribution in [0.15, 0.2) is 42.7 Å². The number of aromatic nitrogens is 1. The van der Waals surface area contributed by atoms with Crippen molar-refractivity contribution in [3.05, 3.63) is 53.9 Å². The van der Waals surface area contributed by atoms with Crippen LogP contribution < -0.4 is 10.1 Å². The minimum Gasteiger partial charge on any atom is -0.491 e. The van der Waals surface area contributed by atoms with Gasteiger partial charge < -0.3 is 24.6 Å². The molecule has 0 fully saturated rings. The lowest BCUT2D eigenvalue weighted by molar-refractivity contribution is -0.115. The molecule has 2 aromatic rings. The molecule has 1 aromatic carbocycles. The number of carbonyl (C=O) groups is 3. The topological polar surface area (TPSA) is 101 Å². The molecule has 3 rings (SSSR count). The van der Waals surface area contributed by atoms with Gasteiger partial charge in [0.1, 0.15) is 12.4 Å². The number of hydrogen-bond donors (Lipinski definition) is 1. The number of nitrogens with one attached hydrogen (secondary N) is 1. The van der Waals surface area contributed by atoms with Gasteiger partial charge in [0, 0.05) is 57.7 Å². The zero-order valence-corrected chi connectivity index (χ0v) is 21.0. The van der Waals surface area contributed by atoms with E-state index < -0.39 is 0 Å². The Bertz CT molecular complexity index is 1050. The minimum absolute atomic E-state index is 0.0626. The summed E-state index contributed by atoms with van der Waals surface area (Å²) in [6.45, 7) is 6.61. The van der Waals surface area contributed by atoms with E-state index in [0.29, 0.717) is 42.1 Å². The molecule has 3 amide bonds. The number of ether oxygens (including phenoxy) is 2. The van der Waals surface area contributed by atoms with Crippen LogP contribution in [-0.4, -0.2) is 78.5 Å². The molecule has 3 atom stereocenters. The number of methoxy groups -OCH3 is 1. The number of amides is 3. The van der Waals surface area contributed by atoms with Crippen molar-refractivity contribution >= 4 is 23.4 Å². The van der Waals surface area contributed by atoms with E-state index in [9.17, 15) is 14.4 Å². The van der Waals surface area contributed by atoms with Crippen LogP contribution >= 0.6 is 0 Å². The molecule has 0 radical (unpaired) electrons. The lowest BCUT2D eigenvalue weighted by Gasteiger charge is -2.36. The third-order valence-electron chi connectivity index (χ3n) is 6.22. The second kappa shape index (κ2) is 11.8. The van der Waals surface area contributed by atoms with Gasteiger partial charge in [-0.15, -0.1) is 0 Å². The number of rotatable bonds is 4. The van der Waals surface area contributed by atoms with E-state index in [0.717, 1.165) is 0 Å². The molecule has 0 aliphatic carbocycles. The van der Waals surface area contributed by atoms with Crippen molar-refractivity contribution in [2.45, 2.75) is 39.3 Å². The normalized spacial score (nSPS) is 21.3. The first-order chi connectivity index (χ1) is 16.7. The van der Waals surface area contributed by atoms with Gasteiger partial charge in [-0.2, -0.15) is 0 Å². The monoisotopic (exact) mass is 482 g/mol. The van der Waals surface area contributed by atoms with E-state index >= 15 is 0 Å². The second-order valence-corrected chi connectivity index (χ2v) is 8.91.